The summed E-state index contributed by atoms with van der Waals surface area (Å²) in [7, 11) is 0. The lowest BCUT2D eigenvalue weighted by Gasteiger charge is -2.18. The maximum atomic E-state index is 12.5. The molecule has 3 aromatic rings. The third kappa shape index (κ3) is 4.09. The number of carbonyl (C=O) groups is 1. The van der Waals surface area contributed by atoms with Gasteiger partial charge in [-0.05, 0) is 42.3 Å². The van der Waals surface area contributed by atoms with Crippen molar-refractivity contribution in [3.8, 4) is 5.75 Å². The van der Waals surface area contributed by atoms with Gasteiger partial charge in [-0.3, -0.25) is 4.79 Å². The first kappa shape index (κ1) is 17.6. The Kier molecular flexibility index (Phi) is 5.51. The van der Waals surface area contributed by atoms with Gasteiger partial charge in [0.1, 0.15) is 5.75 Å². The highest BCUT2D eigenvalue weighted by Gasteiger charge is 2.19. The minimum Gasteiger partial charge on any atom is -0.479 e. The number of hydrogen-bond acceptors (Lipinski definition) is 2. The second kappa shape index (κ2) is 7.81. The summed E-state index contributed by atoms with van der Waals surface area (Å²) >= 11 is 12.0. The molecule has 0 bridgehead atoms. The van der Waals surface area contributed by atoms with E-state index in [0.29, 0.717) is 28.8 Å². The molecular weight excluding hydrogens is 359 g/mol. The van der Waals surface area contributed by atoms with Gasteiger partial charge in [0.15, 0.2) is 6.10 Å². The third-order valence-electron chi connectivity index (χ3n) is 3.96. The molecule has 1 aromatic heterocycles. The molecule has 1 unspecified atom stereocenters. The van der Waals surface area contributed by atoms with Crippen LogP contribution in [0.3, 0.4) is 0 Å². The summed E-state index contributed by atoms with van der Waals surface area (Å²) in [6, 6.07) is 12.9. The molecule has 0 saturated carbocycles. The molecule has 2 aromatic carbocycles. The summed E-state index contributed by atoms with van der Waals surface area (Å²) in [5.41, 5.74) is 2.09. The Morgan fingerprint density at radius 3 is 2.84 bits per heavy atom. The van der Waals surface area contributed by atoms with Crippen LogP contribution in [0.5, 0.6) is 5.75 Å². The zero-order chi connectivity index (χ0) is 17.8. The van der Waals surface area contributed by atoms with Crippen molar-refractivity contribution < 1.29 is 9.53 Å². The van der Waals surface area contributed by atoms with E-state index in [1.165, 1.54) is 0 Å². The van der Waals surface area contributed by atoms with Crippen molar-refractivity contribution in [2.75, 3.05) is 0 Å². The van der Waals surface area contributed by atoms with E-state index < -0.39 is 6.10 Å². The number of ether oxygens (including phenoxy) is 1. The van der Waals surface area contributed by atoms with E-state index in [2.05, 4.69) is 10.3 Å². The smallest absolute Gasteiger partial charge is 0.261 e. The van der Waals surface area contributed by atoms with Crippen molar-refractivity contribution in [2.24, 2.45) is 0 Å². The number of amides is 1. The molecule has 0 radical (unpaired) electrons. The number of aromatic nitrogens is 1. The molecule has 0 spiro atoms. The monoisotopic (exact) mass is 376 g/mol. The first-order chi connectivity index (χ1) is 12.1. The Balaban J connectivity index is 1.67. The summed E-state index contributed by atoms with van der Waals surface area (Å²) in [5.74, 6) is 0.266. The SMILES string of the molecule is CCC(Oc1ccc(Cl)cc1Cl)C(=O)NCc1cccc2[nH]ccc12. The molecule has 0 aliphatic heterocycles. The van der Waals surface area contributed by atoms with Gasteiger partial charge in [-0.15, -0.1) is 0 Å². The minimum atomic E-state index is -0.621. The van der Waals surface area contributed by atoms with Crippen LogP contribution < -0.4 is 10.1 Å². The third-order valence-corrected chi connectivity index (χ3v) is 4.50. The highest BCUT2D eigenvalue weighted by atomic mass is 35.5. The largest absolute Gasteiger partial charge is 0.479 e. The fourth-order valence-electron chi connectivity index (χ4n) is 2.65. The van der Waals surface area contributed by atoms with Crippen LogP contribution in [-0.4, -0.2) is 17.0 Å². The average Bonchev–Trinajstić information content (AvgIpc) is 3.08. The van der Waals surface area contributed by atoms with E-state index in [0.717, 1.165) is 16.5 Å². The van der Waals surface area contributed by atoms with Crippen molar-refractivity contribution in [2.45, 2.75) is 26.0 Å². The highest BCUT2D eigenvalue weighted by molar-refractivity contribution is 6.35. The van der Waals surface area contributed by atoms with Crippen LogP contribution in [0.4, 0.5) is 0 Å². The summed E-state index contributed by atoms with van der Waals surface area (Å²) < 4.78 is 5.76. The van der Waals surface area contributed by atoms with Crippen LogP contribution in [0.25, 0.3) is 10.9 Å². The number of carbonyl (C=O) groups excluding carboxylic acids is 1. The Bertz CT molecular complexity index is 892. The van der Waals surface area contributed by atoms with Crippen molar-refractivity contribution in [1.82, 2.24) is 10.3 Å². The zero-order valence-corrected chi connectivity index (χ0v) is 15.2. The van der Waals surface area contributed by atoms with Gasteiger partial charge in [0.05, 0.1) is 5.02 Å². The standard InChI is InChI=1S/C19H18Cl2N2O2/c1-2-17(25-18-7-6-13(20)10-15(18)21)19(24)23-11-12-4-3-5-16-14(12)8-9-22-16/h3-10,17,22H,2,11H2,1H3,(H,23,24). The predicted octanol–water partition coefficient (Wildman–Crippen LogP) is 4.95. The van der Waals surface area contributed by atoms with Gasteiger partial charge < -0.3 is 15.0 Å². The first-order valence-corrected chi connectivity index (χ1v) is 8.78. The summed E-state index contributed by atoms with van der Waals surface area (Å²) in [6.45, 7) is 2.32. The van der Waals surface area contributed by atoms with Gasteiger partial charge in [-0.25, -0.2) is 0 Å². The number of fused-ring (bicyclic) bond motifs is 1. The molecule has 1 atom stereocenters. The molecule has 4 nitrogen and oxygen atoms in total. The van der Waals surface area contributed by atoms with Crippen LogP contribution in [0.2, 0.25) is 10.0 Å². The second-order valence-electron chi connectivity index (χ2n) is 5.66. The van der Waals surface area contributed by atoms with E-state index >= 15 is 0 Å². The Hall–Kier alpha value is -2.17. The number of hydrogen-bond donors (Lipinski definition) is 2. The van der Waals surface area contributed by atoms with Gasteiger partial charge in [0, 0.05) is 28.7 Å². The van der Waals surface area contributed by atoms with Crippen LogP contribution in [0, 0.1) is 0 Å². The minimum absolute atomic E-state index is 0.180. The van der Waals surface area contributed by atoms with Crippen LogP contribution in [0.1, 0.15) is 18.9 Å². The molecule has 0 saturated heterocycles. The average molecular weight is 377 g/mol. The number of benzene rings is 2. The van der Waals surface area contributed by atoms with Crippen molar-refractivity contribution >= 4 is 40.0 Å². The lowest BCUT2D eigenvalue weighted by molar-refractivity contribution is -0.128. The first-order valence-electron chi connectivity index (χ1n) is 8.03. The van der Waals surface area contributed by atoms with Gasteiger partial charge in [-0.1, -0.05) is 42.3 Å². The molecule has 0 aliphatic rings. The fourth-order valence-corrected chi connectivity index (χ4v) is 3.10. The van der Waals surface area contributed by atoms with E-state index in [9.17, 15) is 4.79 Å². The van der Waals surface area contributed by atoms with Crippen LogP contribution in [0.15, 0.2) is 48.7 Å². The van der Waals surface area contributed by atoms with Crippen molar-refractivity contribution in [1.29, 1.82) is 0 Å². The van der Waals surface area contributed by atoms with Crippen LogP contribution >= 0.6 is 23.2 Å². The molecule has 0 aliphatic carbocycles. The predicted molar refractivity (Wildman–Crippen MR) is 101 cm³/mol. The molecule has 1 amide bonds. The normalized spacial score (nSPS) is 12.1. The lowest BCUT2D eigenvalue weighted by atomic mass is 10.1. The van der Waals surface area contributed by atoms with E-state index in [-0.39, 0.29) is 5.91 Å². The van der Waals surface area contributed by atoms with Gasteiger partial charge in [-0.2, -0.15) is 0 Å². The maximum Gasteiger partial charge on any atom is 0.261 e. The lowest BCUT2D eigenvalue weighted by Crippen LogP contribution is -2.37. The molecule has 2 N–H and O–H groups in total. The molecular formula is C19H18Cl2N2O2. The molecule has 130 valence electrons. The summed E-state index contributed by atoms with van der Waals surface area (Å²) in [5, 5.41) is 4.94. The van der Waals surface area contributed by atoms with Gasteiger partial charge in [0.2, 0.25) is 0 Å². The Morgan fingerprint density at radius 1 is 1.24 bits per heavy atom. The van der Waals surface area contributed by atoms with Crippen LogP contribution in [-0.2, 0) is 11.3 Å². The molecule has 6 heteroatoms. The van der Waals surface area contributed by atoms with E-state index in [1.807, 2.05) is 37.4 Å². The topological polar surface area (TPSA) is 54.1 Å². The fraction of sp³-hybridized carbons (Fsp3) is 0.211. The molecule has 3 rings (SSSR count). The van der Waals surface area contributed by atoms with Gasteiger partial charge in [0.25, 0.3) is 5.91 Å². The Labute approximate surface area is 156 Å². The number of nitrogens with one attached hydrogen (secondary N) is 2. The highest BCUT2D eigenvalue weighted by Crippen LogP contribution is 2.28. The summed E-state index contributed by atoms with van der Waals surface area (Å²) in [4.78, 5) is 15.7. The molecule has 0 fully saturated rings. The van der Waals surface area contributed by atoms with Crippen molar-refractivity contribution in [3.63, 3.8) is 0 Å². The van der Waals surface area contributed by atoms with Crippen molar-refractivity contribution in [3.05, 3.63) is 64.3 Å². The maximum absolute atomic E-state index is 12.5. The summed E-state index contributed by atoms with van der Waals surface area (Å²) in [6.07, 6.45) is 1.79. The Morgan fingerprint density at radius 2 is 2.08 bits per heavy atom. The number of aromatic amines is 1. The van der Waals surface area contributed by atoms with E-state index in [4.69, 9.17) is 27.9 Å². The zero-order valence-electron chi connectivity index (χ0n) is 13.7. The second-order valence-corrected chi connectivity index (χ2v) is 6.51. The quantitative estimate of drug-likeness (QED) is 0.639. The molecule has 25 heavy (non-hydrogen) atoms. The number of H-pyrrole nitrogens is 1. The molecule has 1 heterocycles. The van der Waals surface area contributed by atoms with Gasteiger partial charge >= 0.3 is 0 Å². The van der Waals surface area contributed by atoms with E-state index in [1.54, 1.807) is 18.2 Å². The number of halogens is 2. The number of rotatable bonds is 6.